The average molecular weight is 553 g/mol. The summed E-state index contributed by atoms with van der Waals surface area (Å²) in [4.78, 5) is 0. The third-order valence-corrected chi connectivity index (χ3v) is 9.21. The minimum Gasteiger partial charge on any atom is -0.456 e. The lowest BCUT2D eigenvalue weighted by atomic mass is 9.86. The first-order chi connectivity index (χ1) is 20.7. The van der Waals surface area contributed by atoms with Gasteiger partial charge in [-0.25, -0.2) is 0 Å². The molecule has 0 saturated heterocycles. The number of thiophene rings is 1. The second-order valence-electron chi connectivity index (χ2n) is 10.3. The lowest BCUT2D eigenvalue weighted by Crippen LogP contribution is -1.94. The molecule has 0 bridgehead atoms. The Labute approximate surface area is 245 Å². The van der Waals surface area contributed by atoms with E-state index in [0.717, 1.165) is 55.3 Å². The SMILES string of the molecule is N#Cc1ccccc1-c1cc(-c2cccc3c2sc2ccccc23)cc(-c2ccc3oc4ccccc4c3c2)c1C#N. The first-order valence-corrected chi connectivity index (χ1v) is 14.4. The molecule has 8 aromatic rings. The predicted octanol–water partition coefficient (Wildman–Crippen LogP) is 10.7. The fraction of sp³-hybridized carbons (Fsp3) is 0. The highest BCUT2D eigenvalue weighted by Crippen LogP contribution is 2.44. The van der Waals surface area contributed by atoms with Crippen LogP contribution in [-0.4, -0.2) is 0 Å². The molecule has 4 heteroatoms. The van der Waals surface area contributed by atoms with Gasteiger partial charge in [-0.05, 0) is 59.2 Å². The molecular weight excluding hydrogens is 532 g/mol. The van der Waals surface area contributed by atoms with E-state index < -0.39 is 0 Å². The summed E-state index contributed by atoms with van der Waals surface area (Å²) in [5, 5.41) is 25.1. The third kappa shape index (κ3) is 3.64. The second kappa shape index (κ2) is 9.46. The number of rotatable bonds is 3. The van der Waals surface area contributed by atoms with Crippen molar-refractivity contribution in [2.45, 2.75) is 0 Å². The summed E-state index contributed by atoms with van der Waals surface area (Å²) in [5.74, 6) is 0. The number of para-hydroxylation sites is 1. The van der Waals surface area contributed by atoms with Crippen LogP contribution in [0.2, 0.25) is 0 Å². The van der Waals surface area contributed by atoms with E-state index in [0.29, 0.717) is 11.1 Å². The van der Waals surface area contributed by atoms with E-state index >= 15 is 0 Å². The highest BCUT2D eigenvalue weighted by Gasteiger charge is 2.20. The van der Waals surface area contributed by atoms with E-state index in [1.54, 1.807) is 17.4 Å². The molecule has 6 aromatic carbocycles. The van der Waals surface area contributed by atoms with E-state index in [2.05, 4.69) is 78.9 Å². The van der Waals surface area contributed by atoms with E-state index in [9.17, 15) is 10.5 Å². The summed E-state index contributed by atoms with van der Waals surface area (Å²) >= 11 is 1.78. The van der Waals surface area contributed by atoms with Gasteiger partial charge in [0.1, 0.15) is 17.2 Å². The molecule has 0 amide bonds. The lowest BCUT2D eigenvalue weighted by molar-refractivity contribution is 0.669. The van der Waals surface area contributed by atoms with Crippen LogP contribution >= 0.6 is 11.3 Å². The molecule has 2 heterocycles. The van der Waals surface area contributed by atoms with E-state index in [-0.39, 0.29) is 0 Å². The molecule has 0 fully saturated rings. The molecule has 0 aliphatic heterocycles. The van der Waals surface area contributed by atoms with Crippen LogP contribution in [0.15, 0.2) is 126 Å². The zero-order valence-corrected chi connectivity index (χ0v) is 23.1. The molecule has 0 saturated carbocycles. The summed E-state index contributed by atoms with van der Waals surface area (Å²) in [6.45, 7) is 0. The zero-order chi connectivity index (χ0) is 28.2. The van der Waals surface area contributed by atoms with Crippen LogP contribution in [0, 0.1) is 22.7 Å². The van der Waals surface area contributed by atoms with E-state index in [1.165, 1.54) is 20.2 Å². The maximum absolute atomic E-state index is 10.6. The quantitative estimate of drug-likeness (QED) is 0.219. The van der Waals surface area contributed by atoms with Gasteiger partial charge in [-0.1, -0.05) is 78.9 Å². The number of hydrogen-bond acceptors (Lipinski definition) is 4. The second-order valence-corrected chi connectivity index (χ2v) is 11.4. The summed E-state index contributed by atoms with van der Waals surface area (Å²) < 4.78 is 8.53. The summed E-state index contributed by atoms with van der Waals surface area (Å²) in [5.41, 5.74) is 8.06. The fourth-order valence-corrected chi connectivity index (χ4v) is 7.28. The van der Waals surface area contributed by atoms with Crippen LogP contribution in [0.3, 0.4) is 0 Å². The van der Waals surface area contributed by atoms with Gasteiger partial charge >= 0.3 is 0 Å². The molecule has 0 aliphatic rings. The highest BCUT2D eigenvalue weighted by molar-refractivity contribution is 7.26. The maximum atomic E-state index is 10.6. The first kappa shape index (κ1) is 24.1. The zero-order valence-electron chi connectivity index (χ0n) is 22.3. The van der Waals surface area contributed by atoms with Crippen molar-refractivity contribution in [3.63, 3.8) is 0 Å². The Morgan fingerprint density at radius 1 is 0.500 bits per heavy atom. The van der Waals surface area contributed by atoms with Crippen molar-refractivity contribution >= 4 is 53.4 Å². The molecule has 0 atom stereocenters. The number of furan rings is 1. The molecule has 0 radical (unpaired) electrons. The third-order valence-electron chi connectivity index (χ3n) is 7.99. The molecule has 0 aliphatic carbocycles. The Morgan fingerprint density at radius 2 is 1.21 bits per heavy atom. The van der Waals surface area contributed by atoms with Gasteiger partial charge < -0.3 is 4.42 Å². The first-order valence-electron chi connectivity index (χ1n) is 13.6. The Morgan fingerprint density at radius 3 is 2.10 bits per heavy atom. The smallest absolute Gasteiger partial charge is 0.135 e. The molecule has 42 heavy (non-hydrogen) atoms. The van der Waals surface area contributed by atoms with Crippen LogP contribution in [0.4, 0.5) is 0 Å². The van der Waals surface area contributed by atoms with Crippen molar-refractivity contribution in [2.24, 2.45) is 0 Å². The van der Waals surface area contributed by atoms with Crippen LogP contribution in [-0.2, 0) is 0 Å². The van der Waals surface area contributed by atoms with Crippen molar-refractivity contribution in [1.82, 2.24) is 0 Å². The van der Waals surface area contributed by atoms with Gasteiger partial charge in [0.15, 0.2) is 0 Å². The van der Waals surface area contributed by atoms with Gasteiger partial charge in [-0.3, -0.25) is 0 Å². The highest BCUT2D eigenvalue weighted by atomic mass is 32.1. The fourth-order valence-electron chi connectivity index (χ4n) is 6.04. The van der Waals surface area contributed by atoms with E-state index in [1.807, 2.05) is 48.5 Å². The van der Waals surface area contributed by atoms with Crippen molar-refractivity contribution in [1.29, 1.82) is 10.5 Å². The largest absolute Gasteiger partial charge is 0.456 e. The number of nitriles is 2. The summed E-state index contributed by atoms with van der Waals surface area (Å²) in [6, 6.07) is 45.5. The topological polar surface area (TPSA) is 60.7 Å². The van der Waals surface area contributed by atoms with Crippen LogP contribution in [0.1, 0.15) is 11.1 Å². The van der Waals surface area contributed by atoms with Crippen LogP contribution in [0.5, 0.6) is 0 Å². The Kier molecular flexibility index (Phi) is 5.44. The molecule has 0 unspecified atom stereocenters. The Bertz CT molecular complexity index is 2450. The van der Waals surface area contributed by atoms with E-state index in [4.69, 9.17) is 4.42 Å². The molecule has 3 nitrogen and oxygen atoms in total. The molecule has 0 spiro atoms. The molecule has 0 N–H and O–H groups in total. The molecule has 2 aromatic heterocycles. The maximum Gasteiger partial charge on any atom is 0.135 e. The number of nitrogens with zero attached hydrogens (tertiary/aromatic N) is 2. The van der Waals surface area contributed by atoms with Crippen LogP contribution < -0.4 is 0 Å². The summed E-state index contributed by atoms with van der Waals surface area (Å²) in [6.07, 6.45) is 0. The van der Waals surface area contributed by atoms with Gasteiger partial charge in [0, 0.05) is 47.6 Å². The minimum absolute atomic E-state index is 0.536. The number of hydrogen-bond donors (Lipinski definition) is 0. The van der Waals surface area contributed by atoms with Gasteiger partial charge in [-0.2, -0.15) is 10.5 Å². The Balaban J connectivity index is 1.46. The summed E-state index contributed by atoms with van der Waals surface area (Å²) in [7, 11) is 0. The van der Waals surface area contributed by atoms with Gasteiger partial charge in [0.2, 0.25) is 0 Å². The predicted molar refractivity (Wildman–Crippen MR) is 172 cm³/mol. The number of benzene rings is 6. The van der Waals surface area contributed by atoms with Crippen molar-refractivity contribution in [2.75, 3.05) is 0 Å². The molecule has 8 rings (SSSR count). The van der Waals surface area contributed by atoms with Crippen molar-refractivity contribution < 1.29 is 4.42 Å². The van der Waals surface area contributed by atoms with Gasteiger partial charge in [0.25, 0.3) is 0 Å². The normalized spacial score (nSPS) is 11.3. The Hall–Kier alpha value is -5.68. The van der Waals surface area contributed by atoms with Crippen LogP contribution in [0.25, 0.3) is 75.5 Å². The van der Waals surface area contributed by atoms with Crippen molar-refractivity contribution in [3.8, 4) is 45.5 Å². The molecular formula is C38H20N2OS. The van der Waals surface area contributed by atoms with Crippen molar-refractivity contribution in [3.05, 3.63) is 132 Å². The average Bonchev–Trinajstić information content (AvgIpc) is 3.62. The number of fused-ring (bicyclic) bond motifs is 6. The lowest BCUT2D eigenvalue weighted by Gasteiger charge is -2.15. The van der Waals surface area contributed by atoms with Gasteiger partial charge in [-0.15, -0.1) is 11.3 Å². The van der Waals surface area contributed by atoms with Gasteiger partial charge in [0.05, 0.1) is 17.2 Å². The monoisotopic (exact) mass is 552 g/mol. The standard InChI is InChI=1S/C38H20N2OS/c39-21-24-8-1-2-9-26(24)32-20-25(27-12-7-13-30-29-11-4-6-15-37(29)42-38(27)30)19-31(34(32)22-40)23-16-17-36-33(18-23)28-10-3-5-14-35(28)41-36/h1-20H. The minimum atomic E-state index is 0.536. The molecule has 194 valence electrons.